The molecule has 1 amide bonds. The monoisotopic (exact) mass is 517 g/mol. The molecule has 1 atom stereocenters. The van der Waals surface area contributed by atoms with Crippen molar-refractivity contribution in [3.63, 3.8) is 0 Å². The average molecular weight is 518 g/mol. The van der Waals surface area contributed by atoms with Gasteiger partial charge in [-0.2, -0.15) is 11.3 Å². The van der Waals surface area contributed by atoms with Crippen molar-refractivity contribution >= 4 is 46.1 Å². The van der Waals surface area contributed by atoms with E-state index in [4.69, 9.17) is 14.5 Å². The van der Waals surface area contributed by atoms with Crippen molar-refractivity contribution in [2.45, 2.75) is 59.1 Å². The van der Waals surface area contributed by atoms with Crippen LogP contribution < -0.4 is 0 Å². The second-order valence-corrected chi connectivity index (χ2v) is 10.6. The van der Waals surface area contributed by atoms with Gasteiger partial charge >= 0.3 is 11.9 Å². The number of aliphatic imine (C=N–C) groups is 1. The van der Waals surface area contributed by atoms with Crippen LogP contribution in [0.5, 0.6) is 0 Å². The number of likely N-dealkylation sites (tertiary alicyclic amines) is 1. The molecule has 0 bridgehead atoms. The number of amides is 1. The number of hydrogen-bond acceptors (Lipinski definition) is 9. The molecular weight excluding hydrogens is 486 g/mol. The smallest absolute Gasteiger partial charge is 0.338 e. The summed E-state index contributed by atoms with van der Waals surface area (Å²) >= 11 is 3.02. The predicted molar refractivity (Wildman–Crippen MR) is 136 cm³/mol. The number of thioether (sulfide) groups is 1. The van der Waals surface area contributed by atoms with Gasteiger partial charge in [-0.15, -0.1) is 0 Å². The van der Waals surface area contributed by atoms with Crippen molar-refractivity contribution in [1.82, 2.24) is 9.80 Å². The number of piperidine rings is 1. The molecule has 0 saturated carbocycles. The number of carbonyl (C=O) groups is 3. The van der Waals surface area contributed by atoms with Crippen molar-refractivity contribution in [3.05, 3.63) is 44.8 Å². The Bertz CT molecular complexity index is 1070. The van der Waals surface area contributed by atoms with E-state index in [0.29, 0.717) is 43.8 Å². The summed E-state index contributed by atoms with van der Waals surface area (Å²) in [6.07, 6.45) is 1.17. The van der Waals surface area contributed by atoms with E-state index in [2.05, 4.69) is 0 Å². The number of thiophene rings is 1. The van der Waals surface area contributed by atoms with Gasteiger partial charge in [-0.1, -0.05) is 11.8 Å². The summed E-state index contributed by atoms with van der Waals surface area (Å²) < 4.78 is 10.7. The molecule has 1 saturated heterocycles. The fourth-order valence-electron chi connectivity index (χ4n) is 4.55. The molecule has 10 heteroatoms. The quantitative estimate of drug-likeness (QED) is 0.493. The molecule has 0 aromatic carbocycles. The van der Waals surface area contributed by atoms with Crippen molar-refractivity contribution in [1.29, 1.82) is 0 Å². The zero-order valence-electron chi connectivity index (χ0n) is 20.5. The fraction of sp³-hybridized carbons (Fsp3) is 0.520. The first-order valence-corrected chi connectivity index (χ1v) is 13.7. The summed E-state index contributed by atoms with van der Waals surface area (Å²) in [5.74, 6) is -0.709. The summed E-state index contributed by atoms with van der Waals surface area (Å²) in [7, 11) is 0. The van der Waals surface area contributed by atoms with Gasteiger partial charge in [0.25, 0.3) is 0 Å². The first-order valence-electron chi connectivity index (χ1n) is 11.9. The lowest BCUT2D eigenvalue weighted by atomic mass is 9.95. The van der Waals surface area contributed by atoms with Gasteiger partial charge < -0.3 is 19.3 Å². The molecule has 0 N–H and O–H groups in total. The Morgan fingerprint density at radius 3 is 2.60 bits per heavy atom. The van der Waals surface area contributed by atoms with Crippen molar-refractivity contribution in [3.8, 4) is 0 Å². The van der Waals surface area contributed by atoms with Crippen LogP contribution in [0.1, 0.15) is 58.6 Å². The Morgan fingerprint density at radius 1 is 1.23 bits per heavy atom. The van der Waals surface area contributed by atoms with E-state index in [1.54, 1.807) is 18.3 Å². The Morgan fingerprint density at radius 2 is 1.97 bits per heavy atom. The molecule has 0 radical (unpaired) electrons. The van der Waals surface area contributed by atoms with Crippen molar-refractivity contribution in [2.75, 3.05) is 19.7 Å². The van der Waals surface area contributed by atoms with Crippen molar-refractivity contribution in [2.24, 2.45) is 10.9 Å². The lowest BCUT2D eigenvalue weighted by molar-refractivity contribution is -0.151. The first-order chi connectivity index (χ1) is 16.8. The van der Waals surface area contributed by atoms with E-state index in [-0.39, 0.29) is 36.3 Å². The maximum Gasteiger partial charge on any atom is 0.338 e. The second-order valence-electron chi connectivity index (χ2n) is 8.99. The zero-order chi connectivity index (χ0) is 25.1. The fourth-order valence-corrected chi connectivity index (χ4v) is 6.19. The normalized spacial score (nSPS) is 20.5. The van der Waals surface area contributed by atoms with Gasteiger partial charge in [0.1, 0.15) is 0 Å². The molecule has 4 heterocycles. The van der Waals surface area contributed by atoms with Crippen molar-refractivity contribution < 1.29 is 23.9 Å². The maximum absolute atomic E-state index is 13.2. The van der Waals surface area contributed by atoms with Gasteiger partial charge in [0.05, 0.1) is 42.4 Å². The van der Waals surface area contributed by atoms with Crippen LogP contribution in [-0.4, -0.2) is 58.6 Å². The third kappa shape index (κ3) is 5.48. The molecule has 0 spiro atoms. The number of carbonyl (C=O) groups excluding carboxylic acids is 3. The highest BCUT2D eigenvalue weighted by molar-refractivity contribution is 8.16. The van der Waals surface area contributed by atoms with E-state index < -0.39 is 6.04 Å². The summed E-state index contributed by atoms with van der Waals surface area (Å²) in [4.78, 5) is 46.9. The minimum absolute atomic E-state index is 0.00191. The molecule has 1 aromatic rings. The lowest BCUT2D eigenvalue weighted by Gasteiger charge is -2.37. The minimum Gasteiger partial charge on any atom is -0.466 e. The van der Waals surface area contributed by atoms with E-state index in [9.17, 15) is 14.4 Å². The molecule has 0 aliphatic carbocycles. The number of allylic oxidation sites excluding steroid dienone is 1. The van der Waals surface area contributed by atoms with Crippen LogP contribution in [0.15, 0.2) is 44.2 Å². The molecule has 4 rings (SSSR count). The summed E-state index contributed by atoms with van der Waals surface area (Å²) in [5.41, 5.74) is 2.91. The van der Waals surface area contributed by atoms with Crippen LogP contribution in [-0.2, 0) is 23.9 Å². The third-order valence-electron chi connectivity index (χ3n) is 6.22. The highest BCUT2D eigenvalue weighted by Crippen LogP contribution is 2.45. The van der Waals surface area contributed by atoms with Crippen LogP contribution in [0.3, 0.4) is 0 Å². The van der Waals surface area contributed by atoms with Gasteiger partial charge in [-0.05, 0) is 68.3 Å². The van der Waals surface area contributed by atoms with E-state index in [1.807, 2.05) is 52.8 Å². The Hall–Kier alpha value is -2.59. The van der Waals surface area contributed by atoms with Gasteiger partial charge in [-0.25, -0.2) is 9.79 Å². The average Bonchev–Trinajstić information content (AvgIpc) is 3.48. The predicted octanol–water partition coefficient (Wildman–Crippen LogP) is 4.47. The zero-order valence-corrected chi connectivity index (χ0v) is 22.1. The topological polar surface area (TPSA) is 88.5 Å². The summed E-state index contributed by atoms with van der Waals surface area (Å²) in [6.45, 7) is 8.71. The number of rotatable bonds is 7. The van der Waals surface area contributed by atoms with Gasteiger partial charge in [0.15, 0.2) is 5.17 Å². The van der Waals surface area contributed by atoms with Crippen LogP contribution in [0.2, 0.25) is 0 Å². The number of fused-ring (bicyclic) bond motifs is 1. The van der Waals surface area contributed by atoms with Crippen LogP contribution in [0.25, 0.3) is 0 Å². The Balaban J connectivity index is 1.51. The molecule has 3 aliphatic heterocycles. The molecule has 188 valence electrons. The molecule has 8 nitrogen and oxygen atoms in total. The number of ether oxygens (including phenoxy) is 2. The van der Waals surface area contributed by atoms with E-state index in [0.717, 1.165) is 16.4 Å². The number of amidine groups is 1. The van der Waals surface area contributed by atoms with E-state index >= 15 is 0 Å². The maximum atomic E-state index is 13.2. The van der Waals surface area contributed by atoms with Gasteiger partial charge in [-0.3, -0.25) is 9.59 Å². The molecule has 1 fully saturated rings. The van der Waals surface area contributed by atoms with Crippen LogP contribution >= 0.6 is 23.1 Å². The van der Waals surface area contributed by atoms with Crippen LogP contribution in [0.4, 0.5) is 0 Å². The molecule has 0 unspecified atom stereocenters. The minimum atomic E-state index is -0.399. The largest absolute Gasteiger partial charge is 0.466 e. The highest BCUT2D eigenvalue weighted by atomic mass is 32.2. The standard InChI is InChI=1S/C25H31N3O5S2/c1-5-32-23(30)17-6-9-27(10-7-17)20(29)12-19-14-35-25-26-16(4)21(24(31)33-15(2)3)22(28(19)25)18-8-11-34-13-18/h8,11,13-15,17,22H,5-7,9-10,12H2,1-4H3/t22-/m1/s1. The van der Waals surface area contributed by atoms with E-state index in [1.165, 1.54) is 11.8 Å². The number of esters is 2. The Labute approximate surface area is 214 Å². The summed E-state index contributed by atoms with van der Waals surface area (Å²) in [6, 6.07) is 1.60. The van der Waals surface area contributed by atoms with Gasteiger partial charge in [0.2, 0.25) is 5.91 Å². The lowest BCUT2D eigenvalue weighted by Crippen LogP contribution is -2.42. The van der Waals surface area contributed by atoms with Gasteiger partial charge in [0, 0.05) is 18.8 Å². The Kier molecular flexibility index (Phi) is 8.01. The first kappa shape index (κ1) is 25.5. The summed E-state index contributed by atoms with van der Waals surface area (Å²) in [5, 5.41) is 6.70. The molecule has 1 aromatic heterocycles. The SMILES string of the molecule is CCOC(=O)C1CCN(C(=O)CC2=CSC3=NC(C)=C(C(=O)OC(C)C)[C@@H](c4ccsc4)N23)CC1. The number of nitrogens with zero attached hydrogens (tertiary/aromatic N) is 3. The second kappa shape index (κ2) is 11.0. The molecule has 35 heavy (non-hydrogen) atoms. The third-order valence-corrected chi connectivity index (χ3v) is 7.81. The highest BCUT2D eigenvalue weighted by Gasteiger charge is 2.42. The van der Waals surface area contributed by atoms with Crippen LogP contribution in [0, 0.1) is 5.92 Å². The number of hydrogen-bond donors (Lipinski definition) is 0. The molecular formula is C25H31N3O5S2. The molecule has 3 aliphatic rings.